The molecule has 23 heavy (non-hydrogen) atoms. The molecule has 0 aliphatic carbocycles. The van der Waals surface area contributed by atoms with Crippen molar-refractivity contribution in [1.82, 2.24) is 10.6 Å². The van der Waals surface area contributed by atoms with Crippen molar-refractivity contribution in [2.45, 2.75) is 19.0 Å². The Kier molecular flexibility index (Phi) is 5.88. The number of rotatable bonds is 6. The molecule has 0 saturated heterocycles. The standard InChI is InChI=1S/C18H21N3O2/c1-13(19)18(23)20-12-16(22)21-17(14-8-4-2-5-9-14)15-10-6-3-7-11-15/h2-11,13,17H,12,19H2,1H3,(H,20,23)(H,21,22)/t13-/m0/s1. The van der Waals surface area contributed by atoms with Crippen LogP contribution >= 0.6 is 0 Å². The number of hydrogen-bond acceptors (Lipinski definition) is 3. The predicted octanol–water partition coefficient (Wildman–Crippen LogP) is 1.36. The van der Waals surface area contributed by atoms with E-state index < -0.39 is 6.04 Å². The molecule has 0 saturated carbocycles. The van der Waals surface area contributed by atoms with Crippen LogP contribution in [0, 0.1) is 0 Å². The highest BCUT2D eigenvalue weighted by molar-refractivity contribution is 5.87. The minimum Gasteiger partial charge on any atom is -0.346 e. The molecule has 0 fully saturated rings. The molecule has 0 bridgehead atoms. The molecule has 5 nitrogen and oxygen atoms in total. The molecule has 5 heteroatoms. The summed E-state index contributed by atoms with van der Waals surface area (Å²) in [6, 6.07) is 18.5. The van der Waals surface area contributed by atoms with E-state index in [2.05, 4.69) is 10.6 Å². The van der Waals surface area contributed by atoms with Gasteiger partial charge in [0.15, 0.2) is 0 Å². The van der Waals surface area contributed by atoms with Gasteiger partial charge < -0.3 is 16.4 Å². The largest absolute Gasteiger partial charge is 0.346 e. The van der Waals surface area contributed by atoms with E-state index >= 15 is 0 Å². The second-order valence-corrected chi connectivity index (χ2v) is 5.33. The average molecular weight is 311 g/mol. The van der Waals surface area contributed by atoms with Gasteiger partial charge in [-0.15, -0.1) is 0 Å². The van der Waals surface area contributed by atoms with Crippen LogP contribution in [0.25, 0.3) is 0 Å². The van der Waals surface area contributed by atoms with Crippen LogP contribution in [-0.4, -0.2) is 24.4 Å². The molecule has 120 valence electrons. The number of carbonyl (C=O) groups is 2. The maximum Gasteiger partial charge on any atom is 0.240 e. The van der Waals surface area contributed by atoms with Crippen molar-refractivity contribution >= 4 is 11.8 Å². The van der Waals surface area contributed by atoms with Gasteiger partial charge in [0.05, 0.1) is 18.6 Å². The molecule has 0 heterocycles. The van der Waals surface area contributed by atoms with E-state index in [9.17, 15) is 9.59 Å². The zero-order valence-corrected chi connectivity index (χ0v) is 13.0. The van der Waals surface area contributed by atoms with Gasteiger partial charge in [-0.1, -0.05) is 60.7 Å². The van der Waals surface area contributed by atoms with Crippen molar-refractivity contribution in [3.8, 4) is 0 Å². The van der Waals surface area contributed by atoms with Gasteiger partial charge in [0.2, 0.25) is 11.8 Å². The Balaban J connectivity index is 2.10. The SMILES string of the molecule is C[C@H](N)C(=O)NCC(=O)NC(c1ccccc1)c1ccccc1. The number of nitrogens with one attached hydrogen (secondary N) is 2. The van der Waals surface area contributed by atoms with Crippen molar-refractivity contribution in [3.05, 3.63) is 71.8 Å². The third kappa shape index (κ3) is 4.93. The van der Waals surface area contributed by atoms with Crippen molar-refractivity contribution in [2.24, 2.45) is 5.73 Å². The second-order valence-electron chi connectivity index (χ2n) is 5.33. The van der Waals surface area contributed by atoms with E-state index in [4.69, 9.17) is 5.73 Å². The summed E-state index contributed by atoms with van der Waals surface area (Å²) in [5.41, 5.74) is 7.42. The Morgan fingerprint density at radius 2 is 1.43 bits per heavy atom. The normalized spacial score (nSPS) is 11.8. The fourth-order valence-corrected chi connectivity index (χ4v) is 2.19. The Labute approximate surface area is 135 Å². The molecule has 0 radical (unpaired) electrons. The summed E-state index contributed by atoms with van der Waals surface area (Å²) in [5, 5.41) is 5.46. The predicted molar refractivity (Wildman–Crippen MR) is 89.5 cm³/mol. The summed E-state index contributed by atoms with van der Waals surface area (Å²) in [6.07, 6.45) is 0. The summed E-state index contributed by atoms with van der Waals surface area (Å²) in [6.45, 7) is 1.47. The molecular weight excluding hydrogens is 290 g/mol. The van der Waals surface area contributed by atoms with E-state index in [-0.39, 0.29) is 24.4 Å². The fraction of sp³-hybridized carbons (Fsp3) is 0.222. The third-order valence-corrected chi connectivity index (χ3v) is 3.41. The van der Waals surface area contributed by atoms with Crippen LogP contribution in [-0.2, 0) is 9.59 Å². The van der Waals surface area contributed by atoms with Crippen molar-refractivity contribution < 1.29 is 9.59 Å². The lowest BCUT2D eigenvalue weighted by atomic mass is 9.99. The molecule has 0 aromatic heterocycles. The van der Waals surface area contributed by atoms with Gasteiger partial charge in [-0.05, 0) is 18.1 Å². The first kappa shape index (κ1) is 16.7. The molecule has 2 rings (SSSR count). The molecule has 1 atom stereocenters. The zero-order chi connectivity index (χ0) is 16.7. The third-order valence-electron chi connectivity index (χ3n) is 3.41. The summed E-state index contributed by atoms with van der Waals surface area (Å²) >= 11 is 0. The summed E-state index contributed by atoms with van der Waals surface area (Å²) in [7, 11) is 0. The molecular formula is C18H21N3O2. The van der Waals surface area contributed by atoms with Crippen molar-refractivity contribution in [1.29, 1.82) is 0 Å². The Hall–Kier alpha value is -2.66. The number of carbonyl (C=O) groups excluding carboxylic acids is 2. The number of nitrogens with two attached hydrogens (primary N) is 1. The van der Waals surface area contributed by atoms with Crippen LogP contribution in [0.15, 0.2) is 60.7 Å². The maximum atomic E-state index is 12.2. The number of benzene rings is 2. The van der Waals surface area contributed by atoms with Crippen LogP contribution in [0.1, 0.15) is 24.1 Å². The lowest BCUT2D eigenvalue weighted by molar-refractivity contribution is -0.126. The van der Waals surface area contributed by atoms with Gasteiger partial charge in [0, 0.05) is 0 Å². The summed E-state index contributed by atoms with van der Waals surface area (Å²) < 4.78 is 0. The summed E-state index contributed by atoms with van der Waals surface area (Å²) in [4.78, 5) is 23.6. The van der Waals surface area contributed by atoms with E-state index in [1.165, 1.54) is 0 Å². The Bertz CT molecular complexity index is 602. The smallest absolute Gasteiger partial charge is 0.240 e. The molecule has 0 aliphatic rings. The minimum absolute atomic E-state index is 0.101. The van der Waals surface area contributed by atoms with E-state index in [0.29, 0.717) is 0 Å². The number of amides is 2. The van der Waals surface area contributed by atoms with E-state index in [0.717, 1.165) is 11.1 Å². The molecule has 2 aromatic carbocycles. The van der Waals surface area contributed by atoms with Crippen LogP contribution in [0.4, 0.5) is 0 Å². The van der Waals surface area contributed by atoms with Crippen LogP contribution < -0.4 is 16.4 Å². The molecule has 2 aromatic rings. The fourth-order valence-electron chi connectivity index (χ4n) is 2.19. The molecule has 0 unspecified atom stereocenters. The highest BCUT2D eigenvalue weighted by atomic mass is 16.2. The second kappa shape index (κ2) is 8.10. The first-order chi connectivity index (χ1) is 11.1. The first-order valence-electron chi connectivity index (χ1n) is 7.50. The van der Waals surface area contributed by atoms with Crippen molar-refractivity contribution in [2.75, 3.05) is 6.54 Å². The van der Waals surface area contributed by atoms with E-state index in [1.807, 2.05) is 60.7 Å². The first-order valence-corrected chi connectivity index (χ1v) is 7.50. The minimum atomic E-state index is -0.637. The van der Waals surface area contributed by atoms with Crippen molar-refractivity contribution in [3.63, 3.8) is 0 Å². The average Bonchev–Trinajstić information content (AvgIpc) is 2.59. The molecule has 0 aliphatic heterocycles. The highest BCUT2D eigenvalue weighted by Gasteiger charge is 2.17. The lowest BCUT2D eigenvalue weighted by Crippen LogP contribution is -2.44. The van der Waals surface area contributed by atoms with Crippen LogP contribution in [0.3, 0.4) is 0 Å². The van der Waals surface area contributed by atoms with Gasteiger partial charge in [-0.25, -0.2) is 0 Å². The Morgan fingerprint density at radius 3 is 1.87 bits per heavy atom. The maximum absolute atomic E-state index is 12.2. The monoisotopic (exact) mass is 311 g/mol. The quantitative estimate of drug-likeness (QED) is 0.753. The van der Waals surface area contributed by atoms with Crippen LogP contribution in [0.5, 0.6) is 0 Å². The Morgan fingerprint density at radius 1 is 0.957 bits per heavy atom. The van der Waals surface area contributed by atoms with Gasteiger partial charge in [-0.2, -0.15) is 0 Å². The van der Waals surface area contributed by atoms with Gasteiger partial charge in [-0.3, -0.25) is 9.59 Å². The zero-order valence-electron chi connectivity index (χ0n) is 13.0. The molecule has 0 spiro atoms. The van der Waals surface area contributed by atoms with E-state index in [1.54, 1.807) is 6.92 Å². The molecule has 4 N–H and O–H groups in total. The van der Waals surface area contributed by atoms with Gasteiger partial charge in [0.1, 0.15) is 0 Å². The van der Waals surface area contributed by atoms with Crippen LogP contribution in [0.2, 0.25) is 0 Å². The number of hydrogen-bond donors (Lipinski definition) is 3. The van der Waals surface area contributed by atoms with Gasteiger partial charge >= 0.3 is 0 Å². The molecule has 2 amide bonds. The van der Waals surface area contributed by atoms with Gasteiger partial charge in [0.25, 0.3) is 0 Å². The lowest BCUT2D eigenvalue weighted by Gasteiger charge is -2.20. The highest BCUT2D eigenvalue weighted by Crippen LogP contribution is 2.21. The topological polar surface area (TPSA) is 84.2 Å². The summed E-state index contributed by atoms with van der Waals surface area (Å²) in [5.74, 6) is -0.618.